The second-order valence-electron chi connectivity index (χ2n) is 5.80. The summed E-state index contributed by atoms with van der Waals surface area (Å²) < 4.78 is 1.93. The molecule has 0 aliphatic rings. The summed E-state index contributed by atoms with van der Waals surface area (Å²) in [5, 5.41) is 8.43. The van der Waals surface area contributed by atoms with Gasteiger partial charge in [-0.3, -0.25) is 14.3 Å². The van der Waals surface area contributed by atoms with E-state index in [9.17, 15) is 4.79 Å². The Hall–Kier alpha value is -2.86. The van der Waals surface area contributed by atoms with E-state index in [0.717, 1.165) is 17.3 Å². The van der Waals surface area contributed by atoms with Gasteiger partial charge in [0.05, 0.1) is 12.2 Å². The van der Waals surface area contributed by atoms with Gasteiger partial charge in [-0.1, -0.05) is 18.2 Å². The highest BCUT2D eigenvalue weighted by Crippen LogP contribution is 2.21. The summed E-state index contributed by atoms with van der Waals surface area (Å²) in [7, 11) is 3.94. The van der Waals surface area contributed by atoms with Gasteiger partial charge in [0.1, 0.15) is 11.5 Å². The number of para-hydroxylation sites is 1. The van der Waals surface area contributed by atoms with Gasteiger partial charge in [-0.2, -0.15) is 0 Å². The Morgan fingerprint density at radius 3 is 2.54 bits per heavy atom. The lowest BCUT2D eigenvalue weighted by Crippen LogP contribution is -2.17. The maximum Gasteiger partial charge on any atom is 0.213 e. The zero-order valence-electron chi connectivity index (χ0n) is 14.0. The number of carbonyl (C=O) groups is 1. The van der Waals surface area contributed by atoms with Crippen LogP contribution in [-0.2, 0) is 6.54 Å². The lowest BCUT2D eigenvalue weighted by molar-refractivity contribution is 0.103. The van der Waals surface area contributed by atoms with E-state index in [1.54, 1.807) is 18.3 Å². The summed E-state index contributed by atoms with van der Waals surface area (Å²) in [5.74, 6) is 1.42. The number of rotatable bonds is 5. The van der Waals surface area contributed by atoms with Gasteiger partial charge in [0.25, 0.3) is 0 Å². The fraction of sp³-hybridized carbons (Fsp3) is 0.222. The van der Waals surface area contributed by atoms with Crippen molar-refractivity contribution in [3.05, 3.63) is 71.6 Å². The number of ketones is 1. The summed E-state index contributed by atoms with van der Waals surface area (Å²) in [6.07, 6.45) is 1.62. The van der Waals surface area contributed by atoms with Crippen molar-refractivity contribution >= 4 is 5.78 Å². The van der Waals surface area contributed by atoms with Crippen molar-refractivity contribution < 1.29 is 4.79 Å². The Balaban J connectivity index is 2.11. The third-order valence-corrected chi connectivity index (χ3v) is 3.64. The molecule has 2 aromatic heterocycles. The second-order valence-corrected chi connectivity index (χ2v) is 5.80. The number of nitrogens with zero attached hydrogens (tertiary/aromatic N) is 5. The number of aromatic nitrogens is 4. The van der Waals surface area contributed by atoms with Crippen molar-refractivity contribution in [2.24, 2.45) is 0 Å². The van der Waals surface area contributed by atoms with Crippen LogP contribution in [0.5, 0.6) is 0 Å². The number of hydrogen-bond donors (Lipinski definition) is 0. The van der Waals surface area contributed by atoms with E-state index in [1.807, 2.05) is 60.8 Å². The SMILES string of the molecule is Cc1nnc(CN(C)C)n1-c1ccccc1C(=O)c1ccccn1. The van der Waals surface area contributed by atoms with Crippen molar-refractivity contribution in [2.75, 3.05) is 14.1 Å². The smallest absolute Gasteiger partial charge is 0.213 e. The Morgan fingerprint density at radius 2 is 1.83 bits per heavy atom. The molecule has 122 valence electrons. The standard InChI is InChI=1S/C18H19N5O/c1-13-20-21-17(12-22(2)3)23(13)16-10-5-4-8-14(16)18(24)15-9-6-7-11-19-15/h4-11H,12H2,1-3H3. The van der Waals surface area contributed by atoms with Crippen molar-refractivity contribution in [1.82, 2.24) is 24.6 Å². The third kappa shape index (κ3) is 3.09. The monoisotopic (exact) mass is 321 g/mol. The second kappa shape index (κ2) is 6.72. The first kappa shape index (κ1) is 16.0. The van der Waals surface area contributed by atoms with Crippen LogP contribution in [-0.4, -0.2) is 44.5 Å². The van der Waals surface area contributed by atoms with E-state index in [2.05, 4.69) is 15.2 Å². The number of hydrogen-bond acceptors (Lipinski definition) is 5. The van der Waals surface area contributed by atoms with Gasteiger partial charge < -0.3 is 4.90 Å². The summed E-state index contributed by atoms with van der Waals surface area (Å²) in [6, 6.07) is 12.8. The molecule has 6 heteroatoms. The van der Waals surface area contributed by atoms with Gasteiger partial charge in [-0.25, -0.2) is 0 Å². The minimum Gasteiger partial charge on any atom is -0.302 e. The molecule has 0 amide bonds. The molecule has 2 heterocycles. The van der Waals surface area contributed by atoms with E-state index < -0.39 is 0 Å². The molecule has 6 nitrogen and oxygen atoms in total. The Labute approximate surface area is 140 Å². The van der Waals surface area contributed by atoms with Gasteiger partial charge >= 0.3 is 0 Å². The van der Waals surface area contributed by atoms with Gasteiger partial charge in [-0.05, 0) is 45.3 Å². The lowest BCUT2D eigenvalue weighted by Gasteiger charge is -2.15. The molecule has 3 rings (SSSR count). The maximum atomic E-state index is 12.9. The first-order chi connectivity index (χ1) is 11.6. The van der Waals surface area contributed by atoms with E-state index in [0.29, 0.717) is 17.8 Å². The van der Waals surface area contributed by atoms with Gasteiger partial charge in [-0.15, -0.1) is 10.2 Å². The molecule has 0 N–H and O–H groups in total. The van der Waals surface area contributed by atoms with Crippen LogP contribution in [0.2, 0.25) is 0 Å². The molecular formula is C18H19N5O. The predicted molar refractivity (Wildman–Crippen MR) is 91.2 cm³/mol. The first-order valence-electron chi connectivity index (χ1n) is 7.68. The van der Waals surface area contributed by atoms with Crippen molar-refractivity contribution in [3.8, 4) is 5.69 Å². The van der Waals surface area contributed by atoms with Crippen LogP contribution in [0.1, 0.15) is 27.7 Å². The Bertz CT molecular complexity index is 855. The minimum absolute atomic E-state index is 0.116. The molecule has 0 saturated heterocycles. The van der Waals surface area contributed by atoms with E-state index in [1.165, 1.54) is 0 Å². The summed E-state index contributed by atoms with van der Waals surface area (Å²) >= 11 is 0. The van der Waals surface area contributed by atoms with Gasteiger partial charge in [0.15, 0.2) is 5.82 Å². The van der Waals surface area contributed by atoms with Gasteiger partial charge in [0.2, 0.25) is 5.78 Å². The van der Waals surface area contributed by atoms with Crippen molar-refractivity contribution in [2.45, 2.75) is 13.5 Å². The summed E-state index contributed by atoms with van der Waals surface area (Å²) in [4.78, 5) is 19.1. The van der Waals surface area contributed by atoms with Crippen LogP contribution in [0.4, 0.5) is 0 Å². The van der Waals surface area contributed by atoms with Crippen LogP contribution in [0.3, 0.4) is 0 Å². The predicted octanol–water partition coefficient (Wildman–Crippen LogP) is 2.26. The average Bonchev–Trinajstić information content (AvgIpc) is 2.94. The molecule has 0 aliphatic heterocycles. The highest BCUT2D eigenvalue weighted by molar-refractivity contribution is 6.10. The topological polar surface area (TPSA) is 63.9 Å². The quantitative estimate of drug-likeness (QED) is 0.675. The number of benzene rings is 1. The van der Waals surface area contributed by atoms with Crippen molar-refractivity contribution in [1.29, 1.82) is 0 Å². The molecule has 0 atom stereocenters. The molecule has 0 saturated carbocycles. The highest BCUT2D eigenvalue weighted by Gasteiger charge is 2.19. The maximum absolute atomic E-state index is 12.9. The fourth-order valence-electron chi connectivity index (χ4n) is 2.60. The number of pyridine rings is 1. The molecule has 1 aromatic carbocycles. The molecule has 0 fully saturated rings. The third-order valence-electron chi connectivity index (χ3n) is 3.64. The summed E-state index contributed by atoms with van der Waals surface area (Å²) in [6.45, 7) is 2.52. The zero-order valence-corrected chi connectivity index (χ0v) is 14.0. The van der Waals surface area contributed by atoms with E-state index in [-0.39, 0.29) is 5.78 Å². The number of carbonyl (C=O) groups excluding carboxylic acids is 1. The average molecular weight is 321 g/mol. The first-order valence-corrected chi connectivity index (χ1v) is 7.68. The molecule has 0 aliphatic carbocycles. The highest BCUT2D eigenvalue weighted by atomic mass is 16.1. The van der Waals surface area contributed by atoms with Crippen LogP contribution in [0.15, 0.2) is 48.7 Å². The van der Waals surface area contributed by atoms with Crippen molar-refractivity contribution in [3.63, 3.8) is 0 Å². The molecular weight excluding hydrogens is 302 g/mol. The number of aryl methyl sites for hydroxylation is 1. The molecule has 0 unspecified atom stereocenters. The van der Waals surface area contributed by atoms with Crippen LogP contribution >= 0.6 is 0 Å². The van der Waals surface area contributed by atoms with E-state index >= 15 is 0 Å². The van der Waals surface area contributed by atoms with Crippen LogP contribution in [0.25, 0.3) is 5.69 Å². The molecule has 0 bridgehead atoms. The lowest BCUT2D eigenvalue weighted by atomic mass is 10.1. The van der Waals surface area contributed by atoms with E-state index in [4.69, 9.17) is 0 Å². The summed E-state index contributed by atoms with van der Waals surface area (Å²) in [5.41, 5.74) is 1.77. The zero-order chi connectivity index (χ0) is 17.1. The molecule has 0 radical (unpaired) electrons. The van der Waals surface area contributed by atoms with Crippen LogP contribution in [0, 0.1) is 6.92 Å². The molecule has 0 spiro atoms. The molecule has 24 heavy (non-hydrogen) atoms. The minimum atomic E-state index is -0.116. The fourth-order valence-corrected chi connectivity index (χ4v) is 2.60. The normalized spacial score (nSPS) is 11.0. The Kier molecular flexibility index (Phi) is 4.48. The van der Waals surface area contributed by atoms with Crippen LogP contribution < -0.4 is 0 Å². The Morgan fingerprint density at radius 1 is 1.08 bits per heavy atom. The molecule has 3 aromatic rings. The van der Waals surface area contributed by atoms with Gasteiger partial charge in [0, 0.05) is 11.8 Å². The largest absolute Gasteiger partial charge is 0.302 e.